The van der Waals surface area contributed by atoms with Crippen LogP contribution in [0.3, 0.4) is 0 Å². The van der Waals surface area contributed by atoms with E-state index in [2.05, 4.69) is 30.5 Å². The van der Waals surface area contributed by atoms with Crippen LogP contribution >= 0.6 is 0 Å². The summed E-state index contributed by atoms with van der Waals surface area (Å²) in [4.78, 5) is 17.5. The summed E-state index contributed by atoms with van der Waals surface area (Å²) in [6, 6.07) is 1.66. The maximum absolute atomic E-state index is 12.3. The maximum Gasteiger partial charge on any atom is 0.253 e. The molecule has 0 radical (unpaired) electrons. The SMILES string of the molecule is O=c1cc(C2CCNCC2)n2ncc(-c3nnc(CN4CCCCC4)o3)c2[nH]1. The van der Waals surface area contributed by atoms with Crippen LogP contribution in [-0.4, -0.2) is 55.9 Å². The van der Waals surface area contributed by atoms with Crippen LogP contribution in [0.2, 0.25) is 0 Å². The van der Waals surface area contributed by atoms with Crippen LogP contribution in [0.5, 0.6) is 0 Å². The molecular weight excluding hydrogens is 358 g/mol. The Labute approximate surface area is 162 Å². The molecule has 5 heterocycles. The zero-order valence-electron chi connectivity index (χ0n) is 15.9. The van der Waals surface area contributed by atoms with Gasteiger partial charge in [0.25, 0.3) is 11.4 Å². The van der Waals surface area contributed by atoms with Crippen LogP contribution in [0.15, 0.2) is 21.5 Å². The van der Waals surface area contributed by atoms with Gasteiger partial charge in [-0.15, -0.1) is 10.2 Å². The van der Waals surface area contributed by atoms with E-state index in [0.717, 1.165) is 44.7 Å². The molecule has 2 aliphatic rings. The number of likely N-dealkylation sites (tertiary alicyclic amines) is 1. The van der Waals surface area contributed by atoms with Gasteiger partial charge in [0.05, 0.1) is 18.4 Å². The Hall–Kier alpha value is -2.52. The number of fused-ring (bicyclic) bond motifs is 1. The summed E-state index contributed by atoms with van der Waals surface area (Å²) in [6.45, 7) is 4.72. The molecule has 3 aromatic rings. The van der Waals surface area contributed by atoms with Crippen LogP contribution < -0.4 is 10.9 Å². The van der Waals surface area contributed by atoms with Gasteiger partial charge in [0, 0.05) is 12.0 Å². The molecular formula is C19H25N7O2. The molecule has 2 N–H and O–H groups in total. The Morgan fingerprint density at radius 3 is 2.79 bits per heavy atom. The van der Waals surface area contributed by atoms with E-state index in [1.54, 1.807) is 12.3 Å². The fraction of sp³-hybridized carbons (Fsp3) is 0.579. The van der Waals surface area contributed by atoms with Crippen molar-refractivity contribution < 1.29 is 4.42 Å². The monoisotopic (exact) mass is 383 g/mol. The fourth-order valence-corrected chi connectivity index (χ4v) is 4.31. The van der Waals surface area contributed by atoms with Crippen molar-refractivity contribution in [3.05, 3.63) is 34.2 Å². The highest BCUT2D eigenvalue weighted by atomic mass is 16.4. The normalized spacial score (nSPS) is 19.4. The standard InChI is InChI=1S/C19H25N7O2/c27-16-10-15(13-4-6-20-7-5-13)26-18(22-16)14(11-21-26)19-24-23-17(28-19)12-25-8-2-1-3-9-25/h10-11,13,20H,1-9,12H2,(H,22,27). The van der Waals surface area contributed by atoms with Gasteiger partial charge >= 0.3 is 0 Å². The summed E-state index contributed by atoms with van der Waals surface area (Å²) in [5.41, 5.74) is 2.11. The molecule has 0 aliphatic carbocycles. The van der Waals surface area contributed by atoms with Crippen LogP contribution in [0.4, 0.5) is 0 Å². The molecule has 0 atom stereocenters. The molecule has 3 aromatic heterocycles. The number of hydrogen-bond acceptors (Lipinski definition) is 7. The molecule has 0 unspecified atom stereocenters. The quantitative estimate of drug-likeness (QED) is 0.704. The lowest BCUT2D eigenvalue weighted by Crippen LogP contribution is -2.29. The first-order valence-corrected chi connectivity index (χ1v) is 10.1. The van der Waals surface area contributed by atoms with Gasteiger partial charge in [-0.1, -0.05) is 6.42 Å². The summed E-state index contributed by atoms with van der Waals surface area (Å²) in [5, 5.41) is 16.3. The molecule has 0 amide bonds. The number of aromatic amines is 1. The van der Waals surface area contributed by atoms with Gasteiger partial charge in [-0.2, -0.15) is 5.10 Å². The lowest BCUT2D eigenvalue weighted by Gasteiger charge is -2.24. The molecule has 0 aromatic carbocycles. The Balaban J connectivity index is 1.46. The minimum absolute atomic E-state index is 0.129. The van der Waals surface area contributed by atoms with Crippen LogP contribution in [-0.2, 0) is 6.54 Å². The van der Waals surface area contributed by atoms with E-state index in [4.69, 9.17) is 4.42 Å². The summed E-state index contributed by atoms with van der Waals surface area (Å²) >= 11 is 0. The van der Waals surface area contributed by atoms with Crippen LogP contribution in [0, 0.1) is 0 Å². The Bertz CT molecular complexity index is 1010. The van der Waals surface area contributed by atoms with Crippen molar-refractivity contribution in [3.63, 3.8) is 0 Å². The predicted octanol–water partition coefficient (Wildman–Crippen LogP) is 1.53. The molecule has 5 rings (SSSR count). The van der Waals surface area contributed by atoms with Gasteiger partial charge in [-0.05, 0) is 51.9 Å². The number of hydrogen-bond donors (Lipinski definition) is 2. The second-order valence-corrected chi connectivity index (χ2v) is 7.74. The van der Waals surface area contributed by atoms with Crippen LogP contribution in [0.1, 0.15) is 49.6 Å². The number of rotatable bonds is 4. The third-order valence-electron chi connectivity index (χ3n) is 5.80. The third-order valence-corrected chi connectivity index (χ3v) is 5.80. The average Bonchev–Trinajstić information content (AvgIpc) is 3.35. The molecule has 148 valence electrons. The van der Waals surface area contributed by atoms with Crippen molar-refractivity contribution >= 4 is 5.65 Å². The number of aromatic nitrogens is 5. The lowest BCUT2D eigenvalue weighted by atomic mass is 9.94. The van der Waals surface area contributed by atoms with Crippen molar-refractivity contribution in [2.75, 3.05) is 26.2 Å². The first-order chi connectivity index (χ1) is 13.8. The van der Waals surface area contributed by atoms with E-state index in [0.29, 0.717) is 35.5 Å². The lowest BCUT2D eigenvalue weighted by molar-refractivity contribution is 0.202. The summed E-state index contributed by atoms with van der Waals surface area (Å²) in [6.07, 6.45) is 7.42. The van der Waals surface area contributed by atoms with E-state index >= 15 is 0 Å². The predicted molar refractivity (Wildman–Crippen MR) is 103 cm³/mol. The number of piperidine rings is 2. The van der Waals surface area contributed by atoms with E-state index in [1.165, 1.54) is 19.3 Å². The smallest absolute Gasteiger partial charge is 0.253 e. The van der Waals surface area contributed by atoms with Crippen molar-refractivity contribution in [2.45, 2.75) is 44.6 Å². The molecule has 0 bridgehead atoms. The Morgan fingerprint density at radius 2 is 1.96 bits per heavy atom. The Kier molecular flexibility index (Phi) is 4.69. The third kappa shape index (κ3) is 3.35. The first kappa shape index (κ1) is 17.6. The average molecular weight is 383 g/mol. The van der Waals surface area contributed by atoms with E-state index in [1.807, 2.05) is 4.52 Å². The van der Waals surface area contributed by atoms with Gasteiger partial charge < -0.3 is 14.7 Å². The number of H-pyrrole nitrogens is 1. The molecule has 0 spiro atoms. The fourth-order valence-electron chi connectivity index (χ4n) is 4.31. The molecule has 28 heavy (non-hydrogen) atoms. The summed E-state index contributed by atoms with van der Waals surface area (Å²) in [5.74, 6) is 1.32. The largest absolute Gasteiger partial charge is 0.419 e. The van der Waals surface area contributed by atoms with Gasteiger partial charge in [-0.25, -0.2) is 4.52 Å². The zero-order valence-corrected chi connectivity index (χ0v) is 15.9. The van der Waals surface area contributed by atoms with Crippen molar-refractivity contribution in [1.29, 1.82) is 0 Å². The minimum Gasteiger partial charge on any atom is -0.419 e. The van der Waals surface area contributed by atoms with Crippen molar-refractivity contribution in [3.8, 4) is 11.5 Å². The van der Waals surface area contributed by atoms with E-state index in [9.17, 15) is 4.79 Å². The second kappa shape index (κ2) is 7.48. The molecule has 0 saturated carbocycles. The Morgan fingerprint density at radius 1 is 1.14 bits per heavy atom. The first-order valence-electron chi connectivity index (χ1n) is 10.1. The van der Waals surface area contributed by atoms with E-state index < -0.39 is 0 Å². The number of nitrogens with one attached hydrogen (secondary N) is 2. The van der Waals surface area contributed by atoms with Gasteiger partial charge in [-0.3, -0.25) is 9.69 Å². The number of nitrogens with zero attached hydrogens (tertiary/aromatic N) is 5. The zero-order chi connectivity index (χ0) is 18.9. The highest BCUT2D eigenvalue weighted by Crippen LogP contribution is 2.28. The second-order valence-electron chi connectivity index (χ2n) is 7.74. The molecule has 2 fully saturated rings. The van der Waals surface area contributed by atoms with Crippen molar-refractivity contribution in [2.24, 2.45) is 0 Å². The molecule has 2 aliphatic heterocycles. The molecule has 9 nitrogen and oxygen atoms in total. The molecule has 2 saturated heterocycles. The van der Waals surface area contributed by atoms with Crippen LogP contribution in [0.25, 0.3) is 17.1 Å². The maximum atomic E-state index is 12.3. The van der Waals surface area contributed by atoms with E-state index in [-0.39, 0.29) is 5.56 Å². The minimum atomic E-state index is -0.129. The molecule has 9 heteroatoms. The highest BCUT2D eigenvalue weighted by molar-refractivity contribution is 5.70. The van der Waals surface area contributed by atoms with Crippen molar-refractivity contribution in [1.82, 2.24) is 35.0 Å². The topological polar surface area (TPSA) is 104 Å². The van der Waals surface area contributed by atoms with Gasteiger partial charge in [0.2, 0.25) is 5.89 Å². The summed E-state index contributed by atoms with van der Waals surface area (Å²) < 4.78 is 7.74. The highest BCUT2D eigenvalue weighted by Gasteiger charge is 2.23. The summed E-state index contributed by atoms with van der Waals surface area (Å²) in [7, 11) is 0. The van der Waals surface area contributed by atoms with Gasteiger partial charge in [0.1, 0.15) is 11.2 Å². The van der Waals surface area contributed by atoms with Gasteiger partial charge in [0.15, 0.2) is 0 Å².